The molecule has 1 aromatic carbocycles. The van der Waals surface area contributed by atoms with E-state index in [0.29, 0.717) is 17.8 Å². The number of amides is 1. The number of fused-ring (bicyclic) bond motifs is 1. The first-order chi connectivity index (χ1) is 12.1. The molecule has 0 spiro atoms. The van der Waals surface area contributed by atoms with E-state index in [4.69, 9.17) is 4.74 Å². The molecule has 0 aromatic heterocycles. The Kier molecular flexibility index (Phi) is 4.63. The zero-order chi connectivity index (χ0) is 17.4. The van der Waals surface area contributed by atoms with Crippen LogP contribution < -0.4 is 10.1 Å². The van der Waals surface area contributed by atoms with Crippen LogP contribution in [0.5, 0.6) is 5.75 Å². The lowest BCUT2D eigenvalue weighted by Gasteiger charge is -2.50. The van der Waals surface area contributed by atoms with Gasteiger partial charge in [0.1, 0.15) is 5.75 Å². The van der Waals surface area contributed by atoms with Gasteiger partial charge in [0.2, 0.25) is 0 Å². The Hall–Kier alpha value is -1.69. The second-order valence-corrected chi connectivity index (χ2v) is 7.28. The first-order valence-corrected chi connectivity index (χ1v) is 9.11. The molecule has 25 heavy (non-hydrogen) atoms. The molecule has 4 atom stereocenters. The highest BCUT2D eigenvalue weighted by Crippen LogP contribution is 2.51. The van der Waals surface area contributed by atoms with Gasteiger partial charge >= 0.3 is 6.61 Å². The number of nitrogens with one attached hydrogen (secondary N) is 1. The maximum absolute atomic E-state index is 12.7. The van der Waals surface area contributed by atoms with Crippen molar-refractivity contribution in [2.45, 2.75) is 50.9 Å². The second kappa shape index (κ2) is 6.90. The smallest absolute Gasteiger partial charge is 0.387 e. The molecule has 2 saturated carbocycles. The van der Waals surface area contributed by atoms with E-state index in [1.54, 1.807) is 12.1 Å². The van der Waals surface area contributed by atoms with Crippen LogP contribution >= 0.6 is 0 Å². The molecule has 1 heterocycles. The van der Waals surface area contributed by atoms with Crippen LogP contribution in [-0.4, -0.2) is 31.3 Å². The Morgan fingerprint density at radius 1 is 1.20 bits per heavy atom. The van der Waals surface area contributed by atoms with Crippen molar-refractivity contribution in [1.29, 1.82) is 0 Å². The van der Waals surface area contributed by atoms with Crippen molar-refractivity contribution in [2.75, 3.05) is 6.61 Å². The second-order valence-electron chi connectivity index (χ2n) is 7.28. The summed E-state index contributed by atoms with van der Waals surface area (Å²) < 4.78 is 35.5. The molecular formula is C19H23F2NO3. The third kappa shape index (κ3) is 3.12. The molecule has 2 aliphatic carbocycles. The lowest BCUT2D eigenvalue weighted by atomic mass is 9.61. The van der Waals surface area contributed by atoms with Crippen molar-refractivity contribution >= 4 is 5.91 Å². The van der Waals surface area contributed by atoms with E-state index in [1.807, 2.05) is 0 Å². The van der Waals surface area contributed by atoms with Crippen LogP contribution in [0.3, 0.4) is 0 Å². The van der Waals surface area contributed by atoms with Crippen LogP contribution in [0.1, 0.15) is 42.5 Å². The Bertz CT molecular complexity index is 628. The molecule has 0 bridgehead atoms. The minimum absolute atomic E-state index is 0.0720. The van der Waals surface area contributed by atoms with Gasteiger partial charge < -0.3 is 14.8 Å². The van der Waals surface area contributed by atoms with Gasteiger partial charge in [0.15, 0.2) is 0 Å². The molecule has 1 amide bonds. The molecule has 3 aliphatic rings. The van der Waals surface area contributed by atoms with Gasteiger partial charge in [0.05, 0.1) is 11.7 Å². The van der Waals surface area contributed by atoms with Gasteiger partial charge in [-0.25, -0.2) is 0 Å². The van der Waals surface area contributed by atoms with Crippen LogP contribution in [0.15, 0.2) is 24.3 Å². The first-order valence-electron chi connectivity index (χ1n) is 9.11. The lowest BCUT2D eigenvalue weighted by molar-refractivity contribution is -0.0785. The maximum Gasteiger partial charge on any atom is 0.387 e. The fraction of sp³-hybridized carbons (Fsp3) is 0.632. The highest BCUT2D eigenvalue weighted by atomic mass is 19.3. The predicted molar refractivity (Wildman–Crippen MR) is 87.6 cm³/mol. The van der Waals surface area contributed by atoms with Gasteiger partial charge in [-0.2, -0.15) is 8.78 Å². The van der Waals surface area contributed by atoms with Gasteiger partial charge in [-0.1, -0.05) is 37.8 Å². The zero-order valence-corrected chi connectivity index (χ0v) is 14.0. The summed E-state index contributed by atoms with van der Waals surface area (Å²) in [5, 5.41) is 3.10. The van der Waals surface area contributed by atoms with Crippen molar-refractivity contribution in [3.8, 4) is 5.75 Å². The zero-order valence-electron chi connectivity index (χ0n) is 14.0. The number of carbonyl (C=O) groups is 1. The number of halogens is 2. The minimum atomic E-state index is -2.95. The van der Waals surface area contributed by atoms with Crippen molar-refractivity contribution < 1.29 is 23.0 Å². The molecule has 4 nitrogen and oxygen atoms in total. The van der Waals surface area contributed by atoms with E-state index in [1.165, 1.54) is 37.8 Å². The van der Waals surface area contributed by atoms with Crippen molar-refractivity contribution in [3.05, 3.63) is 29.8 Å². The highest BCUT2D eigenvalue weighted by Gasteiger charge is 2.57. The number of benzene rings is 1. The third-order valence-corrected chi connectivity index (χ3v) is 6.03. The minimum Gasteiger partial charge on any atom is -0.434 e. The largest absolute Gasteiger partial charge is 0.434 e. The number of carbonyl (C=O) groups excluding carboxylic acids is 1. The summed E-state index contributed by atoms with van der Waals surface area (Å²) in [6, 6.07) is 6.24. The maximum atomic E-state index is 12.7. The topological polar surface area (TPSA) is 47.6 Å². The molecule has 0 radical (unpaired) electrons. The summed E-state index contributed by atoms with van der Waals surface area (Å²) >= 11 is 0. The Labute approximate surface area is 145 Å². The van der Waals surface area contributed by atoms with Gasteiger partial charge in [0, 0.05) is 24.5 Å². The summed E-state index contributed by atoms with van der Waals surface area (Å²) in [5.41, 5.74) is 0.162. The summed E-state index contributed by atoms with van der Waals surface area (Å²) in [7, 11) is 0. The third-order valence-electron chi connectivity index (χ3n) is 6.03. The summed E-state index contributed by atoms with van der Waals surface area (Å²) in [4.78, 5) is 12.7. The molecule has 4 rings (SSSR count). The fourth-order valence-corrected chi connectivity index (χ4v) is 4.94. The van der Waals surface area contributed by atoms with Gasteiger partial charge in [-0.3, -0.25) is 4.79 Å². The van der Waals surface area contributed by atoms with E-state index in [9.17, 15) is 13.6 Å². The molecule has 6 heteroatoms. The number of para-hydroxylation sites is 1. The van der Waals surface area contributed by atoms with Gasteiger partial charge in [-0.05, 0) is 24.5 Å². The standard InChI is InChI=1S/C19H23F2NO3/c20-19(21)25-14-8-4-3-7-12(14)18(23)22-16-13-9-10-24-17(13)15(16)11-5-1-2-6-11/h3-4,7-8,11,13,15-17,19H,1-2,5-6,9-10H2,(H,22,23)/t13-,15+,16-,17-/m1/s1. The lowest BCUT2D eigenvalue weighted by Crippen LogP contribution is -2.63. The fourth-order valence-electron chi connectivity index (χ4n) is 4.94. The van der Waals surface area contributed by atoms with Crippen LogP contribution in [0.2, 0.25) is 0 Å². The van der Waals surface area contributed by atoms with Crippen LogP contribution in [0.4, 0.5) is 8.78 Å². The molecule has 3 fully saturated rings. The predicted octanol–water partition coefficient (Wildman–Crippen LogP) is 3.61. The van der Waals surface area contributed by atoms with Gasteiger partial charge in [0.25, 0.3) is 5.91 Å². The Morgan fingerprint density at radius 2 is 1.96 bits per heavy atom. The van der Waals surface area contributed by atoms with Crippen molar-refractivity contribution in [3.63, 3.8) is 0 Å². The molecule has 0 unspecified atom stereocenters. The van der Waals surface area contributed by atoms with E-state index in [-0.39, 0.29) is 29.4 Å². The number of hydrogen-bond donors (Lipinski definition) is 1. The van der Waals surface area contributed by atoms with E-state index >= 15 is 0 Å². The Morgan fingerprint density at radius 3 is 2.72 bits per heavy atom. The number of alkyl halides is 2. The molecule has 1 aliphatic heterocycles. The van der Waals surface area contributed by atoms with Gasteiger partial charge in [-0.15, -0.1) is 0 Å². The number of hydrogen-bond acceptors (Lipinski definition) is 3. The molecule has 136 valence electrons. The average molecular weight is 351 g/mol. The van der Waals surface area contributed by atoms with Crippen LogP contribution in [0, 0.1) is 17.8 Å². The molecule has 1 saturated heterocycles. The van der Waals surface area contributed by atoms with E-state index < -0.39 is 6.61 Å². The molecule has 1 N–H and O–H groups in total. The van der Waals surface area contributed by atoms with Crippen LogP contribution in [-0.2, 0) is 4.74 Å². The van der Waals surface area contributed by atoms with Crippen LogP contribution in [0.25, 0.3) is 0 Å². The van der Waals surface area contributed by atoms with Crippen molar-refractivity contribution in [2.24, 2.45) is 17.8 Å². The van der Waals surface area contributed by atoms with Crippen molar-refractivity contribution in [1.82, 2.24) is 5.32 Å². The number of rotatable bonds is 5. The molecular weight excluding hydrogens is 328 g/mol. The SMILES string of the molecule is O=C(N[C@@H]1[C@H]2CCO[C@H]2[C@H]1C1CCCC1)c1ccccc1OC(F)F. The monoisotopic (exact) mass is 351 g/mol. The highest BCUT2D eigenvalue weighted by molar-refractivity contribution is 5.97. The summed E-state index contributed by atoms with van der Waals surface area (Å²) in [5.74, 6) is 0.873. The summed E-state index contributed by atoms with van der Waals surface area (Å²) in [6.07, 6.45) is 6.06. The van der Waals surface area contributed by atoms with E-state index in [0.717, 1.165) is 13.0 Å². The summed E-state index contributed by atoms with van der Waals surface area (Å²) in [6.45, 7) is -2.20. The average Bonchev–Trinajstić information content (AvgIpc) is 3.23. The quantitative estimate of drug-likeness (QED) is 0.882. The van der Waals surface area contributed by atoms with E-state index in [2.05, 4.69) is 10.1 Å². The first kappa shape index (κ1) is 16.8. The Balaban J connectivity index is 1.50. The molecule has 1 aromatic rings. The number of ether oxygens (including phenoxy) is 2. The normalized spacial score (nSPS) is 31.6.